The zero-order valence-corrected chi connectivity index (χ0v) is 13.8. The van der Waals surface area contributed by atoms with Gasteiger partial charge >= 0.3 is 0 Å². The molecule has 0 bridgehead atoms. The van der Waals surface area contributed by atoms with Crippen LogP contribution < -0.4 is 5.73 Å². The standard InChI is InChI=1S/C15H34N2S/c1-5-8-14(10-11-16)9-7-12-17(3)15(6-2)13-18-4/h14-15H,5-13,16H2,1-4H3. The van der Waals surface area contributed by atoms with Gasteiger partial charge in [-0.15, -0.1) is 0 Å². The molecule has 0 amide bonds. The third kappa shape index (κ3) is 8.39. The molecule has 0 saturated carbocycles. The Kier molecular flexibility index (Phi) is 12.5. The summed E-state index contributed by atoms with van der Waals surface area (Å²) < 4.78 is 0. The normalized spacial score (nSPS) is 15.0. The lowest BCUT2D eigenvalue weighted by Gasteiger charge is -2.27. The SMILES string of the molecule is CCCC(CCN)CCCN(C)C(CC)CSC. The summed E-state index contributed by atoms with van der Waals surface area (Å²) in [5.74, 6) is 2.11. The fourth-order valence-corrected chi connectivity index (χ4v) is 3.51. The molecule has 2 unspecified atom stereocenters. The minimum atomic E-state index is 0.749. The van der Waals surface area contributed by atoms with Gasteiger partial charge < -0.3 is 10.6 Å². The van der Waals surface area contributed by atoms with Crippen molar-refractivity contribution < 1.29 is 0 Å². The van der Waals surface area contributed by atoms with Crippen LogP contribution in [0.3, 0.4) is 0 Å². The minimum Gasteiger partial charge on any atom is -0.330 e. The summed E-state index contributed by atoms with van der Waals surface area (Å²) in [7, 11) is 2.28. The van der Waals surface area contributed by atoms with Crippen LogP contribution >= 0.6 is 11.8 Å². The summed E-state index contributed by atoms with van der Waals surface area (Å²) >= 11 is 1.96. The Bertz CT molecular complexity index is 170. The second-order valence-corrected chi connectivity index (χ2v) is 6.28. The van der Waals surface area contributed by atoms with Crippen molar-refractivity contribution in [2.75, 3.05) is 32.1 Å². The van der Waals surface area contributed by atoms with Crippen LogP contribution in [-0.2, 0) is 0 Å². The molecule has 0 aliphatic rings. The van der Waals surface area contributed by atoms with Gasteiger partial charge in [0.2, 0.25) is 0 Å². The van der Waals surface area contributed by atoms with Crippen LogP contribution in [0.5, 0.6) is 0 Å². The fraction of sp³-hybridized carbons (Fsp3) is 1.00. The Morgan fingerprint density at radius 3 is 2.39 bits per heavy atom. The van der Waals surface area contributed by atoms with E-state index in [1.54, 1.807) is 0 Å². The van der Waals surface area contributed by atoms with Crippen molar-refractivity contribution in [2.45, 2.75) is 58.4 Å². The Hall–Kier alpha value is 0.270. The lowest BCUT2D eigenvalue weighted by Crippen LogP contribution is -2.34. The summed E-state index contributed by atoms with van der Waals surface area (Å²) in [5.41, 5.74) is 5.69. The molecule has 0 rings (SSSR count). The second-order valence-electron chi connectivity index (χ2n) is 5.37. The molecule has 0 heterocycles. The van der Waals surface area contributed by atoms with Gasteiger partial charge in [-0.1, -0.05) is 26.7 Å². The van der Waals surface area contributed by atoms with E-state index in [1.807, 2.05) is 11.8 Å². The lowest BCUT2D eigenvalue weighted by molar-refractivity contribution is 0.242. The molecule has 2 nitrogen and oxygen atoms in total. The molecular weight excluding hydrogens is 240 g/mol. The molecule has 0 aromatic rings. The monoisotopic (exact) mass is 274 g/mol. The number of nitrogens with zero attached hydrogens (tertiary/aromatic N) is 1. The molecular formula is C15H34N2S. The van der Waals surface area contributed by atoms with E-state index in [4.69, 9.17) is 5.73 Å². The molecule has 0 fully saturated rings. The molecule has 0 aliphatic heterocycles. The van der Waals surface area contributed by atoms with Crippen molar-refractivity contribution in [3.8, 4) is 0 Å². The second kappa shape index (κ2) is 12.3. The van der Waals surface area contributed by atoms with Gasteiger partial charge in [0.15, 0.2) is 0 Å². The minimum absolute atomic E-state index is 0.749. The number of thioether (sulfide) groups is 1. The summed E-state index contributed by atoms with van der Waals surface area (Å²) in [4.78, 5) is 2.54. The third-order valence-corrected chi connectivity index (χ3v) is 4.57. The van der Waals surface area contributed by atoms with Gasteiger partial charge in [-0.2, -0.15) is 11.8 Å². The maximum Gasteiger partial charge on any atom is 0.0180 e. The zero-order chi connectivity index (χ0) is 13.8. The topological polar surface area (TPSA) is 29.3 Å². The van der Waals surface area contributed by atoms with Crippen LogP contribution in [0.15, 0.2) is 0 Å². The van der Waals surface area contributed by atoms with E-state index in [1.165, 1.54) is 50.8 Å². The van der Waals surface area contributed by atoms with E-state index in [9.17, 15) is 0 Å². The van der Waals surface area contributed by atoms with Gasteiger partial charge in [0.05, 0.1) is 0 Å². The van der Waals surface area contributed by atoms with Gasteiger partial charge in [-0.3, -0.25) is 0 Å². The van der Waals surface area contributed by atoms with E-state index < -0.39 is 0 Å². The number of rotatable bonds is 12. The highest BCUT2D eigenvalue weighted by Crippen LogP contribution is 2.18. The molecule has 0 saturated heterocycles. The molecule has 110 valence electrons. The van der Waals surface area contributed by atoms with Gasteiger partial charge in [-0.25, -0.2) is 0 Å². The zero-order valence-electron chi connectivity index (χ0n) is 13.0. The molecule has 3 heteroatoms. The highest BCUT2D eigenvalue weighted by Gasteiger charge is 2.12. The third-order valence-electron chi connectivity index (χ3n) is 3.85. The summed E-state index contributed by atoms with van der Waals surface area (Å²) in [6, 6.07) is 0.749. The van der Waals surface area contributed by atoms with Gasteiger partial charge in [0, 0.05) is 11.8 Å². The van der Waals surface area contributed by atoms with Crippen molar-refractivity contribution in [2.24, 2.45) is 11.7 Å². The molecule has 0 spiro atoms. The summed E-state index contributed by atoms with van der Waals surface area (Å²) in [6.45, 7) is 6.67. The smallest absolute Gasteiger partial charge is 0.0180 e. The van der Waals surface area contributed by atoms with Crippen LogP contribution in [0, 0.1) is 5.92 Å². The predicted octanol–water partition coefficient (Wildman–Crippen LogP) is 3.61. The van der Waals surface area contributed by atoms with E-state index in [2.05, 4.69) is 32.1 Å². The average Bonchev–Trinajstić information content (AvgIpc) is 2.36. The van der Waals surface area contributed by atoms with Gasteiger partial charge in [0.25, 0.3) is 0 Å². The van der Waals surface area contributed by atoms with Crippen LogP contribution in [-0.4, -0.2) is 43.1 Å². The Morgan fingerprint density at radius 1 is 1.17 bits per heavy atom. The summed E-state index contributed by atoms with van der Waals surface area (Å²) in [5, 5.41) is 0. The average molecular weight is 275 g/mol. The molecule has 0 radical (unpaired) electrons. The highest BCUT2D eigenvalue weighted by atomic mass is 32.2. The maximum atomic E-state index is 5.69. The number of hydrogen-bond donors (Lipinski definition) is 1. The number of hydrogen-bond acceptors (Lipinski definition) is 3. The van der Waals surface area contributed by atoms with Crippen LogP contribution in [0.1, 0.15) is 52.4 Å². The first kappa shape index (κ1) is 18.3. The Morgan fingerprint density at radius 2 is 1.89 bits per heavy atom. The summed E-state index contributed by atoms with van der Waals surface area (Å²) in [6.07, 6.45) is 10.00. The quantitative estimate of drug-likeness (QED) is 0.589. The van der Waals surface area contributed by atoms with Crippen LogP contribution in [0.2, 0.25) is 0 Å². The van der Waals surface area contributed by atoms with E-state index in [-0.39, 0.29) is 0 Å². The van der Waals surface area contributed by atoms with Crippen molar-refractivity contribution in [3.05, 3.63) is 0 Å². The first-order valence-electron chi connectivity index (χ1n) is 7.58. The van der Waals surface area contributed by atoms with Gasteiger partial charge in [-0.05, 0) is 58.0 Å². The van der Waals surface area contributed by atoms with E-state index >= 15 is 0 Å². The Balaban J connectivity index is 3.84. The largest absolute Gasteiger partial charge is 0.330 e. The first-order chi connectivity index (χ1) is 8.69. The molecule has 18 heavy (non-hydrogen) atoms. The molecule has 0 aromatic heterocycles. The highest BCUT2D eigenvalue weighted by molar-refractivity contribution is 7.98. The Labute approximate surface area is 119 Å². The molecule has 2 N–H and O–H groups in total. The number of nitrogens with two attached hydrogens (primary N) is 1. The molecule has 0 aromatic carbocycles. The van der Waals surface area contributed by atoms with Crippen LogP contribution in [0.4, 0.5) is 0 Å². The fourth-order valence-electron chi connectivity index (χ4n) is 2.64. The molecule has 2 atom stereocenters. The molecule has 0 aliphatic carbocycles. The first-order valence-corrected chi connectivity index (χ1v) is 8.98. The predicted molar refractivity (Wildman–Crippen MR) is 86.4 cm³/mol. The van der Waals surface area contributed by atoms with Crippen molar-refractivity contribution in [1.82, 2.24) is 4.90 Å². The van der Waals surface area contributed by atoms with Crippen molar-refractivity contribution in [1.29, 1.82) is 0 Å². The van der Waals surface area contributed by atoms with Crippen LogP contribution in [0.25, 0.3) is 0 Å². The lowest BCUT2D eigenvalue weighted by atomic mass is 9.94. The van der Waals surface area contributed by atoms with E-state index in [0.717, 1.165) is 18.5 Å². The van der Waals surface area contributed by atoms with Crippen molar-refractivity contribution in [3.63, 3.8) is 0 Å². The van der Waals surface area contributed by atoms with Gasteiger partial charge in [0.1, 0.15) is 0 Å². The maximum absolute atomic E-state index is 5.69. The van der Waals surface area contributed by atoms with Crippen molar-refractivity contribution >= 4 is 11.8 Å². The van der Waals surface area contributed by atoms with E-state index in [0.29, 0.717) is 0 Å².